The largest absolute Gasteiger partial charge is 0.458 e. The van der Waals surface area contributed by atoms with Gasteiger partial charge in [-0.25, -0.2) is 0 Å². The maximum Gasteiger partial charge on any atom is 0.306 e. The number of esters is 1. The van der Waals surface area contributed by atoms with Crippen LogP contribution in [0.4, 0.5) is 0 Å². The summed E-state index contributed by atoms with van der Waals surface area (Å²) in [5, 5.41) is 9.86. The van der Waals surface area contributed by atoms with E-state index in [9.17, 15) is 9.90 Å². The third kappa shape index (κ3) is 4.16. The average molecular weight is 270 g/mol. The number of carbonyl (C=O) groups excluding carboxylic acids is 1. The van der Waals surface area contributed by atoms with E-state index in [0.29, 0.717) is 12.8 Å². The zero-order chi connectivity index (χ0) is 14.4. The Morgan fingerprint density at radius 1 is 1.50 bits per heavy atom. The number of cyclic esters (lactones) is 1. The van der Waals surface area contributed by atoms with E-state index in [2.05, 4.69) is 23.5 Å². The molecule has 2 aliphatic heterocycles. The van der Waals surface area contributed by atoms with Crippen molar-refractivity contribution in [2.45, 2.75) is 37.3 Å². The molecule has 4 atom stereocenters. The molecular weight excluding hydrogens is 256 g/mol. The summed E-state index contributed by atoms with van der Waals surface area (Å²) < 4.78 is 10.3. The van der Waals surface area contributed by atoms with Crippen molar-refractivity contribution in [1.29, 1.82) is 0 Å². The molecule has 2 fully saturated rings. The maximum absolute atomic E-state index is 10.9. The Morgan fingerprint density at radius 3 is 3.05 bits per heavy atom. The van der Waals surface area contributed by atoms with Crippen molar-refractivity contribution >= 4 is 5.97 Å². The number of rotatable bonds is 4. The summed E-state index contributed by atoms with van der Waals surface area (Å²) in [5.41, 5.74) is 2.82. The van der Waals surface area contributed by atoms with E-state index in [-0.39, 0.29) is 24.3 Å². The second kappa shape index (κ2) is 6.80. The van der Waals surface area contributed by atoms with E-state index >= 15 is 0 Å². The van der Waals surface area contributed by atoms with Crippen molar-refractivity contribution in [3.8, 4) is 24.2 Å². The molecule has 2 heterocycles. The van der Waals surface area contributed by atoms with Crippen molar-refractivity contribution in [2.75, 3.05) is 0 Å². The van der Waals surface area contributed by atoms with E-state index < -0.39 is 6.10 Å². The zero-order valence-electron chi connectivity index (χ0n) is 10.8. The third-order valence-corrected chi connectivity index (χ3v) is 2.90. The summed E-state index contributed by atoms with van der Waals surface area (Å²) in [5.74, 6) is 7.01. The summed E-state index contributed by atoms with van der Waals surface area (Å²) >= 11 is 0. The van der Waals surface area contributed by atoms with Gasteiger partial charge in [0.1, 0.15) is 24.4 Å². The van der Waals surface area contributed by atoms with Gasteiger partial charge in [-0.05, 0) is 30.4 Å². The van der Waals surface area contributed by atoms with Crippen LogP contribution in [0.3, 0.4) is 0 Å². The van der Waals surface area contributed by atoms with Crippen LogP contribution in [0.5, 0.6) is 0 Å². The highest BCUT2D eigenvalue weighted by molar-refractivity contribution is 5.71. The smallest absolute Gasteiger partial charge is 0.306 e. The summed E-state index contributed by atoms with van der Waals surface area (Å²) in [6.45, 7) is 0. The number of ether oxygens (including phenoxy) is 2. The van der Waals surface area contributed by atoms with Crippen LogP contribution in [-0.4, -0.2) is 35.5 Å². The first-order valence-corrected chi connectivity index (χ1v) is 6.29. The Balaban J connectivity index is 1.77. The van der Waals surface area contributed by atoms with Crippen LogP contribution in [-0.2, 0) is 14.3 Å². The van der Waals surface area contributed by atoms with Gasteiger partial charge in [0.05, 0.1) is 0 Å². The summed E-state index contributed by atoms with van der Waals surface area (Å²) in [6.07, 6.45) is 11.1. The molecule has 2 rings (SSSR count). The van der Waals surface area contributed by atoms with Gasteiger partial charge in [-0.1, -0.05) is 12.0 Å². The minimum absolute atomic E-state index is 0.176. The van der Waals surface area contributed by atoms with Gasteiger partial charge in [0.15, 0.2) is 0 Å². The first kappa shape index (κ1) is 14.2. The molecule has 0 aliphatic carbocycles. The number of epoxide rings is 1. The Hall–Kier alpha value is -2.23. The number of hydrogen-bond acceptors (Lipinski definition) is 4. The van der Waals surface area contributed by atoms with Gasteiger partial charge < -0.3 is 14.6 Å². The van der Waals surface area contributed by atoms with Crippen LogP contribution >= 0.6 is 0 Å². The summed E-state index contributed by atoms with van der Waals surface area (Å²) in [6, 6.07) is 0. The molecular formula is C16H14O4. The Bertz CT molecular complexity index is 564. The molecule has 1 unspecified atom stereocenters. The molecule has 2 aliphatic rings. The second-order valence-corrected chi connectivity index (χ2v) is 4.40. The molecule has 4 heteroatoms. The molecule has 20 heavy (non-hydrogen) atoms. The topological polar surface area (TPSA) is 59.1 Å². The quantitative estimate of drug-likeness (QED) is 0.269. The lowest BCUT2D eigenvalue weighted by molar-refractivity contribution is -0.140. The molecule has 0 aromatic rings. The van der Waals surface area contributed by atoms with Crippen LogP contribution in [0.25, 0.3) is 0 Å². The van der Waals surface area contributed by atoms with Gasteiger partial charge in [0, 0.05) is 12.5 Å². The van der Waals surface area contributed by atoms with Gasteiger partial charge in [-0.15, -0.1) is 12.2 Å². The molecule has 0 radical (unpaired) electrons. The van der Waals surface area contributed by atoms with Gasteiger partial charge >= 0.3 is 5.97 Å². The monoisotopic (exact) mass is 270 g/mol. The first-order valence-electron chi connectivity index (χ1n) is 6.29. The number of carbonyl (C=O) groups is 1. The number of aliphatic hydroxyl groups is 1. The van der Waals surface area contributed by atoms with E-state index in [1.807, 2.05) is 0 Å². The van der Waals surface area contributed by atoms with Crippen molar-refractivity contribution in [1.82, 2.24) is 0 Å². The fourth-order valence-electron chi connectivity index (χ4n) is 1.84. The van der Waals surface area contributed by atoms with E-state index in [0.717, 1.165) is 0 Å². The predicted octanol–water partition coefficient (Wildman–Crippen LogP) is 0.724. The summed E-state index contributed by atoms with van der Waals surface area (Å²) in [7, 11) is 0. The lowest BCUT2D eigenvalue weighted by atomic mass is 10.1. The molecule has 0 spiro atoms. The van der Waals surface area contributed by atoms with Crippen LogP contribution in [0.2, 0.25) is 0 Å². The second-order valence-electron chi connectivity index (χ2n) is 4.40. The average Bonchev–Trinajstić information content (AvgIpc) is 3.10. The van der Waals surface area contributed by atoms with Gasteiger partial charge in [0.25, 0.3) is 0 Å². The molecule has 0 bridgehead atoms. The number of terminal acetylenes is 1. The van der Waals surface area contributed by atoms with Crippen LogP contribution in [0.1, 0.15) is 12.8 Å². The molecule has 102 valence electrons. The first-order chi connectivity index (χ1) is 9.70. The van der Waals surface area contributed by atoms with E-state index in [1.54, 1.807) is 18.2 Å². The molecule has 0 amide bonds. The number of hydrogen-bond donors (Lipinski definition) is 1. The maximum atomic E-state index is 10.9. The van der Waals surface area contributed by atoms with Gasteiger partial charge in [-0.2, -0.15) is 0 Å². The lowest BCUT2D eigenvalue weighted by Gasteiger charge is -2.04. The molecule has 1 N–H and O–H groups in total. The third-order valence-electron chi connectivity index (χ3n) is 2.90. The Labute approximate surface area is 117 Å². The Morgan fingerprint density at radius 2 is 2.35 bits per heavy atom. The normalized spacial score (nSPS) is 28.6. The van der Waals surface area contributed by atoms with E-state index in [4.69, 9.17) is 15.9 Å². The SMILES string of the molecule is C#CC#CC=C=C[C@@H]1O[C@H]1[C@H](O)C=CC1CCC(=O)O1. The summed E-state index contributed by atoms with van der Waals surface area (Å²) in [4.78, 5) is 10.9. The highest BCUT2D eigenvalue weighted by atomic mass is 16.6. The highest BCUT2D eigenvalue weighted by Gasteiger charge is 2.41. The van der Waals surface area contributed by atoms with Crippen LogP contribution in [0, 0.1) is 24.2 Å². The minimum Gasteiger partial charge on any atom is -0.458 e. The van der Waals surface area contributed by atoms with Crippen molar-refractivity contribution < 1.29 is 19.4 Å². The predicted molar refractivity (Wildman–Crippen MR) is 72.2 cm³/mol. The minimum atomic E-state index is -0.728. The number of aliphatic hydroxyl groups excluding tert-OH is 1. The van der Waals surface area contributed by atoms with Gasteiger partial charge in [0.2, 0.25) is 0 Å². The van der Waals surface area contributed by atoms with Crippen LogP contribution < -0.4 is 0 Å². The Kier molecular flexibility index (Phi) is 4.82. The lowest BCUT2D eigenvalue weighted by Crippen LogP contribution is -2.14. The highest BCUT2D eigenvalue weighted by Crippen LogP contribution is 2.27. The van der Waals surface area contributed by atoms with Crippen molar-refractivity contribution in [3.63, 3.8) is 0 Å². The van der Waals surface area contributed by atoms with Crippen molar-refractivity contribution in [2.24, 2.45) is 0 Å². The molecule has 2 saturated heterocycles. The molecule has 4 nitrogen and oxygen atoms in total. The standard InChI is InChI=1S/C16H14O4/c1-2-3-4-5-6-7-14-16(20-14)13(17)10-8-12-9-11-15(18)19-12/h1,5,7-8,10,12-14,16-17H,9,11H2/t6?,12?,13-,14+,16+/m1/s1. The fourth-order valence-corrected chi connectivity index (χ4v) is 1.84. The van der Waals surface area contributed by atoms with Crippen molar-refractivity contribution in [3.05, 3.63) is 30.0 Å². The fraction of sp³-hybridized carbons (Fsp3) is 0.375. The van der Waals surface area contributed by atoms with E-state index in [1.165, 1.54) is 6.08 Å². The molecule has 0 aromatic heterocycles. The molecule has 0 saturated carbocycles. The molecule has 0 aromatic carbocycles. The van der Waals surface area contributed by atoms with Gasteiger partial charge in [-0.3, -0.25) is 4.79 Å². The van der Waals surface area contributed by atoms with Crippen LogP contribution in [0.15, 0.2) is 30.0 Å². The zero-order valence-corrected chi connectivity index (χ0v) is 10.8.